The molecular formula is C9H17N3O2. The summed E-state index contributed by atoms with van der Waals surface area (Å²) in [6.45, 7) is 6.22. The summed E-state index contributed by atoms with van der Waals surface area (Å²) in [7, 11) is 0. The third kappa shape index (κ3) is 3.43. The molecule has 1 heterocycles. The topological polar surface area (TPSA) is 71.2 Å². The van der Waals surface area contributed by atoms with Crippen molar-refractivity contribution in [3.05, 3.63) is 12.2 Å². The zero-order valence-electron chi connectivity index (χ0n) is 8.82. The minimum Gasteiger partial charge on any atom is -0.389 e. The number of rotatable bonds is 5. The molecule has 0 amide bonds. The Hall–Kier alpha value is -0.940. The Bertz CT molecular complexity index is 254. The van der Waals surface area contributed by atoms with E-state index in [-0.39, 0.29) is 6.04 Å². The smallest absolute Gasteiger partial charge is 0.213 e. The van der Waals surface area contributed by atoms with Gasteiger partial charge in [0.25, 0.3) is 0 Å². The molecule has 0 radical (unpaired) electrons. The first-order valence-corrected chi connectivity index (χ1v) is 4.71. The zero-order valence-corrected chi connectivity index (χ0v) is 8.82. The summed E-state index contributed by atoms with van der Waals surface area (Å²) in [6.07, 6.45) is 2.02. The fourth-order valence-corrected chi connectivity index (χ4v) is 0.953. The summed E-state index contributed by atoms with van der Waals surface area (Å²) in [5.74, 6) is 0.681. The summed E-state index contributed by atoms with van der Waals surface area (Å²) in [4.78, 5) is 3.89. The molecule has 1 unspecified atom stereocenters. The van der Waals surface area contributed by atoms with Crippen LogP contribution in [0.1, 0.15) is 26.6 Å². The van der Waals surface area contributed by atoms with E-state index in [0.717, 1.165) is 6.54 Å². The van der Waals surface area contributed by atoms with Gasteiger partial charge in [-0.1, -0.05) is 5.16 Å². The highest BCUT2D eigenvalue weighted by Crippen LogP contribution is 2.06. The summed E-state index contributed by atoms with van der Waals surface area (Å²) in [6, 6.07) is 0.0365. The van der Waals surface area contributed by atoms with Crippen LogP contribution in [-0.2, 0) is 6.42 Å². The second kappa shape index (κ2) is 4.52. The number of hydrogen-bond donors (Lipinski definition) is 2. The molecule has 14 heavy (non-hydrogen) atoms. The van der Waals surface area contributed by atoms with Crippen molar-refractivity contribution < 1.29 is 9.63 Å². The largest absolute Gasteiger partial charge is 0.389 e. The van der Waals surface area contributed by atoms with E-state index in [2.05, 4.69) is 20.0 Å². The number of aliphatic hydroxyl groups is 1. The van der Waals surface area contributed by atoms with Gasteiger partial charge in [-0.3, -0.25) is 0 Å². The molecule has 1 aromatic heterocycles. The van der Waals surface area contributed by atoms with E-state index in [1.54, 1.807) is 13.8 Å². The molecule has 5 nitrogen and oxygen atoms in total. The maximum atomic E-state index is 9.63. The Morgan fingerprint density at radius 3 is 2.86 bits per heavy atom. The van der Waals surface area contributed by atoms with Crippen molar-refractivity contribution in [3.63, 3.8) is 0 Å². The predicted octanol–water partition coefficient (Wildman–Crippen LogP) is 0.361. The Morgan fingerprint density at radius 2 is 2.36 bits per heavy atom. The fraction of sp³-hybridized carbons (Fsp3) is 0.778. The molecule has 0 saturated heterocycles. The van der Waals surface area contributed by atoms with Crippen LogP contribution < -0.4 is 5.32 Å². The van der Waals surface area contributed by atoms with E-state index in [9.17, 15) is 5.11 Å². The minimum absolute atomic E-state index is 0.0365. The molecule has 80 valence electrons. The first-order chi connectivity index (χ1) is 6.50. The summed E-state index contributed by atoms with van der Waals surface area (Å²) >= 11 is 0. The van der Waals surface area contributed by atoms with Gasteiger partial charge in [0, 0.05) is 19.0 Å². The van der Waals surface area contributed by atoms with Crippen molar-refractivity contribution in [2.24, 2.45) is 0 Å². The molecule has 5 heteroatoms. The van der Waals surface area contributed by atoms with Crippen LogP contribution in [0.3, 0.4) is 0 Å². The van der Waals surface area contributed by atoms with E-state index < -0.39 is 5.60 Å². The average Bonchev–Trinajstić information content (AvgIpc) is 2.55. The maximum Gasteiger partial charge on any atom is 0.213 e. The second-order valence-electron chi connectivity index (χ2n) is 3.93. The lowest BCUT2D eigenvalue weighted by molar-refractivity contribution is 0.0445. The average molecular weight is 199 g/mol. The number of aromatic nitrogens is 2. The minimum atomic E-state index is -0.711. The lowest BCUT2D eigenvalue weighted by atomic mass is 10.0. The van der Waals surface area contributed by atoms with Gasteiger partial charge < -0.3 is 14.9 Å². The highest BCUT2D eigenvalue weighted by molar-refractivity contribution is 4.83. The third-order valence-corrected chi connectivity index (χ3v) is 2.27. The van der Waals surface area contributed by atoms with Crippen molar-refractivity contribution in [2.45, 2.75) is 38.8 Å². The molecule has 0 fully saturated rings. The van der Waals surface area contributed by atoms with Crippen LogP contribution in [0.25, 0.3) is 0 Å². The van der Waals surface area contributed by atoms with Crippen LogP contribution in [0.5, 0.6) is 0 Å². The molecule has 1 rings (SSSR count). The van der Waals surface area contributed by atoms with Gasteiger partial charge in [0.15, 0.2) is 5.82 Å². The quantitative estimate of drug-likeness (QED) is 0.716. The van der Waals surface area contributed by atoms with Gasteiger partial charge in [0.2, 0.25) is 6.39 Å². The molecule has 0 bridgehead atoms. The Kier molecular flexibility index (Phi) is 3.60. The van der Waals surface area contributed by atoms with Gasteiger partial charge in [0.05, 0.1) is 5.60 Å². The van der Waals surface area contributed by atoms with E-state index in [1.165, 1.54) is 6.39 Å². The predicted molar refractivity (Wildman–Crippen MR) is 51.8 cm³/mol. The first kappa shape index (κ1) is 11.1. The monoisotopic (exact) mass is 199 g/mol. The van der Waals surface area contributed by atoms with Crippen LogP contribution in [0.15, 0.2) is 10.9 Å². The highest BCUT2D eigenvalue weighted by atomic mass is 16.5. The van der Waals surface area contributed by atoms with Gasteiger partial charge in [-0.25, -0.2) is 0 Å². The number of hydrogen-bond acceptors (Lipinski definition) is 5. The molecule has 0 aromatic carbocycles. The Balaban J connectivity index is 2.22. The lowest BCUT2D eigenvalue weighted by Crippen LogP contribution is -2.45. The second-order valence-corrected chi connectivity index (χ2v) is 3.93. The molecule has 0 aliphatic heterocycles. The number of nitrogens with one attached hydrogen (secondary N) is 1. The van der Waals surface area contributed by atoms with E-state index in [0.29, 0.717) is 12.2 Å². The van der Waals surface area contributed by atoms with Gasteiger partial charge in [-0.05, 0) is 20.8 Å². The van der Waals surface area contributed by atoms with Crippen LogP contribution in [0.4, 0.5) is 0 Å². The van der Waals surface area contributed by atoms with E-state index in [1.807, 2.05) is 6.92 Å². The molecule has 1 atom stereocenters. The van der Waals surface area contributed by atoms with Crippen molar-refractivity contribution in [1.82, 2.24) is 15.5 Å². The van der Waals surface area contributed by atoms with Crippen molar-refractivity contribution in [2.75, 3.05) is 6.54 Å². The standard InChI is InChI=1S/C9H17N3O2/c1-7(9(2,3)13)10-5-4-8-11-6-14-12-8/h6-7,10,13H,4-5H2,1-3H3. The van der Waals surface area contributed by atoms with Gasteiger partial charge in [0.1, 0.15) is 0 Å². The highest BCUT2D eigenvalue weighted by Gasteiger charge is 2.21. The van der Waals surface area contributed by atoms with Gasteiger partial charge in [-0.2, -0.15) is 4.98 Å². The van der Waals surface area contributed by atoms with E-state index >= 15 is 0 Å². The molecule has 0 aliphatic rings. The van der Waals surface area contributed by atoms with Gasteiger partial charge in [-0.15, -0.1) is 0 Å². The van der Waals surface area contributed by atoms with Crippen molar-refractivity contribution >= 4 is 0 Å². The zero-order chi connectivity index (χ0) is 10.6. The molecule has 2 N–H and O–H groups in total. The normalized spacial score (nSPS) is 14.3. The SMILES string of the molecule is CC(NCCc1ncon1)C(C)(C)O. The molecule has 0 spiro atoms. The molecule has 1 aromatic rings. The maximum absolute atomic E-state index is 9.63. The molecular weight excluding hydrogens is 182 g/mol. The van der Waals surface area contributed by atoms with Crippen molar-refractivity contribution in [3.8, 4) is 0 Å². The summed E-state index contributed by atoms with van der Waals surface area (Å²) < 4.78 is 4.60. The third-order valence-electron chi connectivity index (χ3n) is 2.27. The van der Waals surface area contributed by atoms with Crippen LogP contribution in [-0.4, -0.2) is 33.4 Å². The Morgan fingerprint density at radius 1 is 1.64 bits per heavy atom. The Labute approximate surface area is 83.5 Å². The first-order valence-electron chi connectivity index (χ1n) is 4.71. The van der Waals surface area contributed by atoms with Crippen LogP contribution >= 0.6 is 0 Å². The summed E-state index contributed by atoms with van der Waals surface area (Å²) in [5, 5.41) is 16.5. The van der Waals surface area contributed by atoms with E-state index in [4.69, 9.17) is 0 Å². The molecule has 0 aliphatic carbocycles. The summed E-state index contributed by atoms with van der Waals surface area (Å²) in [5.41, 5.74) is -0.711. The van der Waals surface area contributed by atoms with Crippen molar-refractivity contribution in [1.29, 1.82) is 0 Å². The van der Waals surface area contributed by atoms with Crippen LogP contribution in [0, 0.1) is 0 Å². The molecule has 0 saturated carbocycles. The number of nitrogens with zero attached hydrogens (tertiary/aromatic N) is 2. The lowest BCUT2D eigenvalue weighted by Gasteiger charge is -2.26. The van der Waals surface area contributed by atoms with Gasteiger partial charge >= 0.3 is 0 Å². The fourth-order valence-electron chi connectivity index (χ4n) is 0.953. The van der Waals surface area contributed by atoms with Crippen LogP contribution in [0.2, 0.25) is 0 Å².